The van der Waals surface area contributed by atoms with E-state index in [9.17, 15) is 13.2 Å². The Morgan fingerprint density at radius 3 is 2.60 bits per heavy atom. The van der Waals surface area contributed by atoms with Crippen molar-refractivity contribution in [1.82, 2.24) is 15.0 Å². The van der Waals surface area contributed by atoms with Gasteiger partial charge >= 0.3 is 6.18 Å². The van der Waals surface area contributed by atoms with E-state index in [0.29, 0.717) is 6.54 Å². The van der Waals surface area contributed by atoms with Gasteiger partial charge < -0.3 is 10.6 Å². The number of hydrogen-bond donors (Lipinski definition) is 1. The van der Waals surface area contributed by atoms with E-state index in [1.54, 1.807) is 17.5 Å². The Morgan fingerprint density at radius 1 is 1.35 bits per heavy atom. The Balaban J connectivity index is 2.28. The third-order valence-corrected chi connectivity index (χ3v) is 3.56. The molecule has 108 valence electrons. The van der Waals surface area contributed by atoms with Crippen LogP contribution in [0.2, 0.25) is 0 Å². The third kappa shape index (κ3) is 3.16. The summed E-state index contributed by atoms with van der Waals surface area (Å²) in [6, 6.07) is 0.882. The predicted molar refractivity (Wildman–Crippen MR) is 70.4 cm³/mol. The molecule has 2 N–H and O–H groups in total. The number of nitrogen functional groups attached to an aromatic ring is 1. The number of nitrogens with zero attached hydrogens (tertiary/aromatic N) is 4. The van der Waals surface area contributed by atoms with Crippen LogP contribution in [0.5, 0.6) is 0 Å². The maximum atomic E-state index is 12.7. The van der Waals surface area contributed by atoms with Gasteiger partial charge in [-0.3, -0.25) is 0 Å². The molecule has 2 aromatic heterocycles. The number of halogens is 3. The van der Waals surface area contributed by atoms with Gasteiger partial charge in [0, 0.05) is 18.0 Å². The SMILES string of the molecule is Cc1ncsc1CN(C)c1cc(C(F)(F)F)nc(N)n1. The molecule has 0 saturated carbocycles. The number of nitrogens with two attached hydrogens (primary N) is 1. The van der Waals surface area contributed by atoms with Gasteiger partial charge in [-0.05, 0) is 6.92 Å². The van der Waals surface area contributed by atoms with Crippen molar-refractivity contribution < 1.29 is 13.2 Å². The van der Waals surface area contributed by atoms with E-state index in [2.05, 4.69) is 15.0 Å². The Bertz CT molecular complexity index is 610. The fourth-order valence-electron chi connectivity index (χ4n) is 1.57. The molecule has 0 atom stereocenters. The second kappa shape index (κ2) is 5.23. The molecule has 0 amide bonds. The molecule has 5 nitrogen and oxygen atoms in total. The average molecular weight is 303 g/mol. The molecule has 0 fully saturated rings. The summed E-state index contributed by atoms with van der Waals surface area (Å²) >= 11 is 1.44. The van der Waals surface area contributed by atoms with E-state index in [0.717, 1.165) is 16.6 Å². The van der Waals surface area contributed by atoms with Gasteiger partial charge in [-0.1, -0.05) is 0 Å². The smallest absolute Gasteiger partial charge is 0.368 e. The number of thiazole rings is 1. The molecule has 0 aliphatic heterocycles. The highest BCUT2D eigenvalue weighted by molar-refractivity contribution is 7.09. The molecule has 2 heterocycles. The topological polar surface area (TPSA) is 67.9 Å². The quantitative estimate of drug-likeness (QED) is 0.943. The standard InChI is InChI=1S/C11H12F3N5S/c1-6-7(20-5-16-6)4-19(2)9-3-8(11(12,13)14)17-10(15)18-9/h3,5H,4H2,1-2H3,(H2,15,17,18). The minimum absolute atomic E-state index is 0.123. The van der Waals surface area contributed by atoms with Crippen LogP contribution in [0.25, 0.3) is 0 Å². The molecule has 0 bridgehead atoms. The Kier molecular flexibility index (Phi) is 3.80. The average Bonchev–Trinajstić information content (AvgIpc) is 2.73. The van der Waals surface area contributed by atoms with Crippen molar-refractivity contribution in [3.63, 3.8) is 0 Å². The van der Waals surface area contributed by atoms with Crippen LogP contribution in [-0.4, -0.2) is 22.0 Å². The zero-order valence-corrected chi connectivity index (χ0v) is 11.6. The highest BCUT2D eigenvalue weighted by atomic mass is 32.1. The summed E-state index contributed by atoms with van der Waals surface area (Å²) in [5, 5.41) is 0. The highest BCUT2D eigenvalue weighted by Gasteiger charge is 2.33. The second-order valence-corrected chi connectivity index (χ2v) is 5.12. The van der Waals surface area contributed by atoms with Gasteiger partial charge in [0.2, 0.25) is 5.95 Å². The summed E-state index contributed by atoms with van der Waals surface area (Å²) in [6.45, 7) is 2.25. The molecule has 0 aliphatic carbocycles. The molecule has 0 spiro atoms. The minimum atomic E-state index is -4.55. The maximum absolute atomic E-state index is 12.7. The van der Waals surface area contributed by atoms with Crippen LogP contribution < -0.4 is 10.6 Å². The van der Waals surface area contributed by atoms with Crippen LogP contribution in [0, 0.1) is 6.92 Å². The van der Waals surface area contributed by atoms with E-state index in [1.807, 2.05) is 6.92 Å². The summed E-state index contributed by atoms with van der Waals surface area (Å²) in [4.78, 5) is 13.7. The van der Waals surface area contributed by atoms with Gasteiger partial charge in [-0.2, -0.15) is 18.2 Å². The molecule has 2 rings (SSSR count). The fourth-order valence-corrected chi connectivity index (χ4v) is 2.40. The summed E-state index contributed by atoms with van der Waals surface area (Å²) in [5.41, 5.74) is 6.83. The second-order valence-electron chi connectivity index (χ2n) is 4.18. The van der Waals surface area contributed by atoms with Crippen LogP contribution >= 0.6 is 11.3 Å². The highest BCUT2D eigenvalue weighted by Crippen LogP contribution is 2.30. The van der Waals surface area contributed by atoms with Crippen molar-refractivity contribution in [2.75, 3.05) is 17.7 Å². The Labute approximate surface area is 117 Å². The van der Waals surface area contributed by atoms with Crippen molar-refractivity contribution in [3.05, 3.63) is 27.8 Å². The fraction of sp³-hybridized carbons (Fsp3) is 0.364. The zero-order chi connectivity index (χ0) is 14.9. The van der Waals surface area contributed by atoms with Gasteiger partial charge in [-0.25, -0.2) is 9.97 Å². The Morgan fingerprint density at radius 2 is 2.05 bits per heavy atom. The summed E-state index contributed by atoms with van der Waals surface area (Å²) < 4.78 is 38.0. The van der Waals surface area contributed by atoms with Gasteiger partial charge in [0.05, 0.1) is 17.7 Å². The minimum Gasteiger partial charge on any atom is -0.368 e. The largest absolute Gasteiger partial charge is 0.433 e. The molecule has 9 heteroatoms. The van der Waals surface area contributed by atoms with E-state index < -0.39 is 17.8 Å². The lowest BCUT2D eigenvalue weighted by molar-refractivity contribution is -0.141. The number of anilines is 2. The van der Waals surface area contributed by atoms with Crippen molar-refractivity contribution >= 4 is 23.1 Å². The first kappa shape index (κ1) is 14.5. The van der Waals surface area contributed by atoms with E-state index in [4.69, 9.17) is 5.73 Å². The molecule has 0 radical (unpaired) electrons. The normalized spacial score (nSPS) is 11.7. The summed E-state index contributed by atoms with van der Waals surface area (Å²) in [5.74, 6) is -0.277. The number of rotatable bonds is 3. The number of hydrogen-bond acceptors (Lipinski definition) is 6. The third-order valence-electron chi connectivity index (χ3n) is 2.64. The molecular formula is C11H12F3N5S. The van der Waals surface area contributed by atoms with Crippen LogP contribution in [0.3, 0.4) is 0 Å². The summed E-state index contributed by atoms with van der Waals surface area (Å²) in [6.07, 6.45) is -4.55. The van der Waals surface area contributed by atoms with Gasteiger partial charge in [0.1, 0.15) is 5.82 Å². The van der Waals surface area contributed by atoms with Crippen molar-refractivity contribution in [1.29, 1.82) is 0 Å². The van der Waals surface area contributed by atoms with Crippen LogP contribution in [0.4, 0.5) is 24.9 Å². The predicted octanol–water partition coefficient (Wildman–Crippen LogP) is 2.48. The molecule has 0 saturated heterocycles. The molecule has 0 aliphatic rings. The van der Waals surface area contributed by atoms with Gasteiger partial charge in [0.15, 0.2) is 5.69 Å². The van der Waals surface area contributed by atoms with Crippen molar-refractivity contribution in [3.8, 4) is 0 Å². The Hall–Kier alpha value is -1.90. The van der Waals surface area contributed by atoms with Crippen LogP contribution in [-0.2, 0) is 12.7 Å². The van der Waals surface area contributed by atoms with Gasteiger partial charge in [0.25, 0.3) is 0 Å². The van der Waals surface area contributed by atoms with Crippen LogP contribution in [0.1, 0.15) is 16.3 Å². The van der Waals surface area contributed by atoms with Crippen LogP contribution in [0.15, 0.2) is 11.6 Å². The van der Waals surface area contributed by atoms with Gasteiger partial charge in [-0.15, -0.1) is 11.3 Å². The van der Waals surface area contributed by atoms with Crippen molar-refractivity contribution in [2.45, 2.75) is 19.6 Å². The molecule has 20 heavy (non-hydrogen) atoms. The molecule has 0 unspecified atom stereocenters. The number of aromatic nitrogens is 3. The lowest BCUT2D eigenvalue weighted by Crippen LogP contribution is -2.20. The van der Waals surface area contributed by atoms with E-state index >= 15 is 0 Å². The lowest BCUT2D eigenvalue weighted by Gasteiger charge is -2.19. The first-order valence-corrected chi connectivity index (χ1v) is 6.47. The first-order valence-electron chi connectivity index (χ1n) is 5.59. The monoisotopic (exact) mass is 303 g/mol. The molecule has 0 aromatic carbocycles. The maximum Gasteiger partial charge on any atom is 0.433 e. The van der Waals surface area contributed by atoms with E-state index in [-0.39, 0.29) is 5.82 Å². The van der Waals surface area contributed by atoms with E-state index in [1.165, 1.54) is 11.3 Å². The van der Waals surface area contributed by atoms with Crippen molar-refractivity contribution in [2.24, 2.45) is 0 Å². The summed E-state index contributed by atoms with van der Waals surface area (Å²) in [7, 11) is 1.64. The molecule has 2 aromatic rings. The first-order chi connectivity index (χ1) is 9.27. The lowest BCUT2D eigenvalue weighted by atomic mass is 10.3. The number of aryl methyl sites for hydroxylation is 1. The number of alkyl halides is 3. The zero-order valence-electron chi connectivity index (χ0n) is 10.8. The molecular weight excluding hydrogens is 291 g/mol.